The second-order valence-corrected chi connectivity index (χ2v) is 9.74. The lowest BCUT2D eigenvalue weighted by molar-refractivity contribution is -0.144. The Bertz CT molecular complexity index is 1270. The van der Waals surface area contributed by atoms with Gasteiger partial charge in [-0.15, -0.1) is 0 Å². The molecule has 2 heterocycles. The van der Waals surface area contributed by atoms with Crippen LogP contribution in [0.4, 0.5) is 0 Å². The Kier molecular flexibility index (Phi) is 11.3. The first-order valence-corrected chi connectivity index (χ1v) is 12.9. The van der Waals surface area contributed by atoms with Crippen LogP contribution in [0.25, 0.3) is 0 Å². The van der Waals surface area contributed by atoms with Crippen LogP contribution in [0.2, 0.25) is 0 Å². The molecule has 15 nitrogen and oxygen atoms in total. The van der Waals surface area contributed by atoms with Gasteiger partial charge in [-0.3, -0.25) is 34.1 Å². The molecule has 0 saturated heterocycles. The zero-order valence-corrected chi connectivity index (χ0v) is 22.6. The molecular formula is C27H32N4O11. The Morgan fingerprint density at radius 3 is 1.83 bits per heavy atom. The van der Waals surface area contributed by atoms with Crippen molar-refractivity contribution in [3.05, 3.63) is 58.9 Å². The van der Waals surface area contributed by atoms with Gasteiger partial charge in [-0.2, -0.15) is 0 Å². The highest BCUT2D eigenvalue weighted by molar-refractivity contribution is 5.91. The van der Waals surface area contributed by atoms with E-state index in [4.69, 9.17) is 9.84 Å². The van der Waals surface area contributed by atoms with Crippen molar-refractivity contribution in [2.45, 2.75) is 25.6 Å². The number of nitrogens with zero attached hydrogens (tertiary/aromatic N) is 4. The number of aromatic carboxylic acids is 1. The highest BCUT2D eigenvalue weighted by atomic mass is 16.5. The van der Waals surface area contributed by atoms with Gasteiger partial charge in [-0.05, 0) is 36.2 Å². The molecule has 1 aliphatic heterocycles. The number of ether oxygens (including phenoxy) is 1. The summed E-state index contributed by atoms with van der Waals surface area (Å²) in [6.07, 6.45) is -0.146. The van der Waals surface area contributed by atoms with E-state index in [1.807, 2.05) is 0 Å². The summed E-state index contributed by atoms with van der Waals surface area (Å²) in [5.74, 6) is -6.23. The van der Waals surface area contributed by atoms with Gasteiger partial charge in [0, 0.05) is 39.3 Å². The average Bonchev–Trinajstić information content (AvgIpc) is 2.89. The van der Waals surface area contributed by atoms with Gasteiger partial charge in [0.2, 0.25) is 0 Å². The molecule has 0 radical (unpaired) electrons. The number of rotatable bonds is 12. The molecule has 1 aromatic heterocycles. The van der Waals surface area contributed by atoms with Crippen molar-refractivity contribution in [3.8, 4) is 5.75 Å². The molecule has 0 fully saturated rings. The molecule has 0 aliphatic carbocycles. The fourth-order valence-corrected chi connectivity index (χ4v) is 4.67. The second kappa shape index (κ2) is 14.9. The lowest BCUT2D eigenvalue weighted by Gasteiger charge is -2.33. The van der Waals surface area contributed by atoms with Gasteiger partial charge in [0.05, 0.1) is 24.5 Å². The zero-order valence-electron chi connectivity index (χ0n) is 22.6. The minimum Gasteiger partial charge on any atom is -0.481 e. The Hall–Kier alpha value is -4.60. The topological polar surface area (TPSA) is 218 Å². The van der Waals surface area contributed by atoms with Crippen LogP contribution in [0, 0.1) is 0 Å². The third-order valence-electron chi connectivity index (χ3n) is 6.54. The predicted molar refractivity (Wildman–Crippen MR) is 143 cm³/mol. The van der Waals surface area contributed by atoms with Crippen LogP contribution in [0.3, 0.4) is 0 Å². The number of aliphatic carboxylic acids is 4. The molecule has 1 unspecified atom stereocenters. The van der Waals surface area contributed by atoms with Crippen LogP contribution in [0.5, 0.6) is 5.75 Å². The molecule has 2 bridgehead atoms. The fraction of sp³-hybridized carbons (Fsp3) is 0.407. The molecule has 0 saturated carbocycles. The summed E-state index contributed by atoms with van der Waals surface area (Å²) in [6, 6.07) is 7.97. The first-order chi connectivity index (χ1) is 19.9. The SMILES string of the molecule is O=C(O)COc1ccc(CC(C(=O)O)N2CCN(CC(=O)O)Cc3cccc(n3)CN(CC(=O)O)CC2)cc1C(=O)O. The van der Waals surface area contributed by atoms with E-state index < -0.39 is 42.5 Å². The van der Waals surface area contributed by atoms with Crippen molar-refractivity contribution >= 4 is 29.8 Å². The van der Waals surface area contributed by atoms with E-state index >= 15 is 0 Å². The molecule has 226 valence electrons. The maximum absolute atomic E-state index is 12.5. The molecule has 5 N–H and O–H groups in total. The molecule has 2 aromatic rings. The van der Waals surface area contributed by atoms with Crippen LogP contribution in [-0.2, 0) is 38.7 Å². The molecule has 42 heavy (non-hydrogen) atoms. The van der Waals surface area contributed by atoms with Crippen molar-refractivity contribution in [2.24, 2.45) is 0 Å². The van der Waals surface area contributed by atoms with Gasteiger partial charge in [0.25, 0.3) is 0 Å². The van der Waals surface area contributed by atoms with E-state index in [1.165, 1.54) is 18.2 Å². The monoisotopic (exact) mass is 588 g/mol. The van der Waals surface area contributed by atoms with E-state index in [1.54, 1.807) is 32.9 Å². The molecule has 1 atom stereocenters. The lowest BCUT2D eigenvalue weighted by Crippen LogP contribution is -2.50. The molecular weight excluding hydrogens is 556 g/mol. The van der Waals surface area contributed by atoms with Crippen LogP contribution >= 0.6 is 0 Å². The molecule has 1 aliphatic rings. The summed E-state index contributed by atoms with van der Waals surface area (Å²) in [5.41, 5.74) is 1.16. The number of carboxylic acid groups (broad SMARTS) is 5. The highest BCUT2D eigenvalue weighted by Crippen LogP contribution is 2.22. The van der Waals surface area contributed by atoms with Crippen molar-refractivity contribution in [1.82, 2.24) is 19.7 Å². The Morgan fingerprint density at radius 2 is 1.36 bits per heavy atom. The third-order valence-corrected chi connectivity index (χ3v) is 6.54. The van der Waals surface area contributed by atoms with Crippen molar-refractivity contribution in [3.63, 3.8) is 0 Å². The second-order valence-electron chi connectivity index (χ2n) is 9.74. The van der Waals surface area contributed by atoms with Gasteiger partial charge in [-0.1, -0.05) is 12.1 Å². The quantitative estimate of drug-likeness (QED) is 0.221. The van der Waals surface area contributed by atoms with Crippen molar-refractivity contribution in [2.75, 3.05) is 45.9 Å². The molecule has 15 heteroatoms. The minimum atomic E-state index is -1.39. The predicted octanol–water partition coefficient (Wildman–Crippen LogP) is 0.0279. The lowest BCUT2D eigenvalue weighted by atomic mass is 10.0. The molecule has 0 amide bonds. The summed E-state index contributed by atoms with van der Waals surface area (Å²) in [5, 5.41) is 47.6. The summed E-state index contributed by atoms with van der Waals surface area (Å²) < 4.78 is 5.05. The summed E-state index contributed by atoms with van der Waals surface area (Å²) >= 11 is 0. The van der Waals surface area contributed by atoms with Crippen molar-refractivity contribution in [1.29, 1.82) is 0 Å². The largest absolute Gasteiger partial charge is 0.481 e. The maximum atomic E-state index is 12.5. The number of pyridine rings is 1. The number of benzene rings is 1. The minimum absolute atomic E-state index is 0.108. The number of carboxylic acids is 5. The number of aromatic nitrogens is 1. The number of hydrogen-bond donors (Lipinski definition) is 5. The Morgan fingerprint density at radius 1 is 0.786 bits per heavy atom. The summed E-state index contributed by atoms with van der Waals surface area (Å²) in [4.78, 5) is 67.7. The maximum Gasteiger partial charge on any atom is 0.341 e. The number of hydrogen-bond acceptors (Lipinski definition) is 10. The standard InChI is InChI=1S/C27H32N4O11/c32-23(33)14-29-6-8-31(9-7-30(15-24(34)35)13-19-3-1-2-18(12-29)28-19)21(27(40)41)11-17-4-5-22(42-16-25(36)37)20(10-17)26(38)39/h1-5,10,21H,6-9,11-16H2,(H,32,33)(H,34,35)(H,36,37)(H,38,39)(H,40,41). The zero-order chi connectivity index (χ0) is 30.8. The van der Waals surface area contributed by atoms with Gasteiger partial charge >= 0.3 is 29.8 Å². The van der Waals surface area contributed by atoms with Crippen LogP contribution < -0.4 is 4.74 Å². The smallest absolute Gasteiger partial charge is 0.341 e. The first kappa shape index (κ1) is 31.9. The van der Waals surface area contributed by atoms with Gasteiger partial charge < -0.3 is 30.3 Å². The number of fused-ring (bicyclic) bond motifs is 2. The Labute approximate surface area is 240 Å². The summed E-state index contributed by atoms with van der Waals surface area (Å²) in [6.45, 7) is -0.525. The van der Waals surface area contributed by atoms with Gasteiger partial charge in [0.15, 0.2) is 6.61 Å². The fourth-order valence-electron chi connectivity index (χ4n) is 4.67. The molecule has 0 spiro atoms. The van der Waals surface area contributed by atoms with E-state index in [0.29, 0.717) is 17.0 Å². The van der Waals surface area contributed by atoms with Crippen LogP contribution in [0.1, 0.15) is 27.3 Å². The van der Waals surface area contributed by atoms with E-state index in [2.05, 4.69) is 4.98 Å². The van der Waals surface area contributed by atoms with Crippen LogP contribution in [0.15, 0.2) is 36.4 Å². The Balaban J connectivity index is 1.92. The molecule has 1 aromatic carbocycles. The first-order valence-electron chi connectivity index (χ1n) is 12.9. The third kappa shape index (κ3) is 9.79. The average molecular weight is 589 g/mol. The van der Waals surface area contributed by atoms with E-state index in [9.17, 15) is 44.4 Å². The van der Waals surface area contributed by atoms with E-state index in [-0.39, 0.29) is 70.1 Å². The van der Waals surface area contributed by atoms with Crippen LogP contribution in [-0.4, -0.2) is 127 Å². The van der Waals surface area contributed by atoms with Gasteiger partial charge in [-0.25, -0.2) is 9.59 Å². The highest BCUT2D eigenvalue weighted by Gasteiger charge is 2.29. The summed E-state index contributed by atoms with van der Waals surface area (Å²) in [7, 11) is 0. The number of carbonyl (C=O) groups is 5. The van der Waals surface area contributed by atoms with E-state index in [0.717, 1.165) is 0 Å². The van der Waals surface area contributed by atoms with Gasteiger partial charge in [0.1, 0.15) is 17.4 Å². The normalized spacial score (nSPS) is 16.0. The van der Waals surface area contributed by atoms with Crippen molar-refractivity contribution < 1.29 is 54.2 Å². The molecule has 3 rings (SSSR count).